The number of pyridine rings is 1. The Labute approximate surface area is 191 Å². The Bertz CT molecular complexity index is 1210. The van der Waals surface area contributed by atoms with Gasteiger partial charge in [-0.2, -0.15) is 0 Å². The summed E-state index contributed by atoms with van der Waals surface area (Å²) in [5, 5.41) is 9.04. The molecule has 32 heavy (non-hydrogen) atoms. The molecule has 2 aromatic carbocycles. The van der Waals surface area contributed by atoms with Crippen LogP contribution in [-0.4, -0.2) is 40.7 Å². The van der Waals surface area contributed by atoms with E-state index in [4.69, 9.17) is 9.84 Å². The highest BCUT2D eigenvalue weighted by molar-refractivity contribution is 9.10. The minimum Gasteiger partial charge on any atom is -0.487 e. The van der Waals surface area contributed by atoms with E-state index >= 15 is 0 Å². The van der Waals surface area contributed by atoms with Crippen LogP contribution < -0.4 is 10.3 Å². The number of carbonyl (C=O) groups excluding carboxylic acids is 1. The summed E-state index contributed by atoms with van der Waals surface area (Å²) >= 11 is 3.24. The van der Waals surface area contributed by atoms with Crippen molar-refractivity contribution in [2.24, 2.45) is 0 Å². The molecule has 168 valence electrons. The number of halogens is 3. The normalized spacial score (nSPS) is 10.8. The quantitative estimate of drug-likeness (QED) is 0.528. The maximum Gasteiger partial charge on any atom is 0.273 e. The van der Waals surface area contributed by atoms with Crippen LogP contribution >= 0.6 is 15.9 Å². The number of ether oxygens (including phenoxy) is 1. The maximum atomic E-state index is 13.9. The molecule has 1 heterocycles. The van der Waals surface area contributed by atoms with Gasteiger partial charge in [-0.25, -0.2) is 8.78 Å². The molecule has 3 aromatic rings. The van der Waals surface area contributed by atoms with Gasteiger partial charge in [0.2, 0.25) is 0 Å². The second-order valence-electron chi connectivity index (χ2n) is 7.13. The van der Waals surface area contributed by atoms with Crippen molar-refractivity contribution in [3.63, 3.8) is 0 Å². The number of rotatable bonds is 7. The van der Waals surface area contributed by atoms with Crippen molar-refractivity contribution in [1.82, 2.24) is 9.47 Å². The number of aliphatic hydroxyl groups excluding tert-OH is 1. The third-order valence-electron chi connectivity index (χ3n) is 4.83. The van der Waals surface area contributed by atoms with Crippen molar-refractivity contribution in [1.29, 1.82) is 0 Å². The van der Waals surface area contributed by atoms with Gasteiger partial charge < -0.3 is 14.7 Å². The fourth-order valence-corrected chi connectivity index (χ4v) is 3.56. The van der Waals surface area contributed by atoms with Crippen molar-refractivity contribution in [3.8, 4) is 11.4 Å². The lowest BCUT2D eigenvalue weighted by Crippen LogP contribution is -2.29. The molecule has 0 saturated carbocycles. The summed E-state index contributed by atoms with van der Waals surface area (Å²) in [7, 11) is 1.58. The average Bonchev–Trinajstić information content (AvgIpc) is 2.76. The molecule has 6 nitrogen and oxygen atoms in total. The number of nitrogens with zero attached hydrogens (tertiary/aromatic N) is 2. The average molecular weight is 507 g/mol. The molecule has 0 radical (unpaired) electrons. The number of hydrogen-bond donors (Lipinski definition) is 1. The summed E-state index contributed by atoms with van der Waals surface area (Å²) in [6.07, 6.45) is 0. The van der Waals surface area contributed by atoms with Crippen LogP contribution in [0.5, 0.6) is 5.75 Å². The van der Waals surface area contributed by atoms with Crippen LogP contribution in [0.15, 0.2) is 57.8 Å². The predicted octanol–water partition coefficient (Wildman–Crippen LogP) is 3.83. The second-order valence-corrected chi connectivity index (χ2v) is 7.92. The Hall–Kier alpha value is -3.04. The first kappa shape index (κ1) is 23.6. The fourth-order valence-electron chi connectivity index (χ4n) is 3.15. The van der Waals surface area contributed by atoms with Gasteiger partial charge in [0.05, 0.1) is 6.61 Å². The van der Waals surface area contributed by atoms with Gasteiger partial charge in [0.1, 0.15) is 28.5 Å². The lowest BCUT2D eigenvalue weighted by Gasteiger charge is -2.18. The van der Waals surface area contributed by atoms with Gasteiger partial charge in [0, 0.05) is 48.2 Å². The fraction of sp³-hybridized carbons (Fsp3) is 0.217. The molecule has 0 atom stereocenters. The van der Waals surface area contributed by atoms with Crippen molar-refractivity contribution < 1.29 is 23.4 Å². The van der Waals surface area contributed by atoms with E-state index in [0.29, 0.717) is 16.9 Å². The smallest absolute Gasteiger partial charge is 0.273 e. The van der Waals surface area contributed by atoms with Crippen LogP contribution in [0.4, 0.5) is 8.78 Å². The first-order valence-electron chi connectivity index (χ1n) is 9.68. The Balaban J connectivity index is 1.91. The molecule has 3 rings (SSSR count). The van der Waals surface area contributed by atoms with E-state index < -0.39 is 17.2 Å². The van der Waals surface area contributed by atoms with E-state index in [1.54, 1.807) is 44.3 Å². The van der Waals surface area contributed by atoms with E-state index in [-0.39, 0.29) is 41.5 Å². The highest BCUT2D eigenvalue weighted by Crippen LogP contribution is 2.26. The number of carbonyl (C=O) groups is 1. The van der Waals surface area contributed by atoms with Crippen molar-refractivity contribution in [3.05, 3.63) is 91.8 Å². The van der Waals surface area contributed by atoms with Crippen LogP contribution in [-0.2, 0) is 6.61 Å². The number of aromatic nitrogens is 1. The topological polar surface area (TPSA) is 71.8 Å². The Kier molecular flexibility index (Phi) is 7.42. The van der Waals surface area contributed by atoms with E-state index in [1.807, 2.05) is 0 Å². The number of amides is 1. The summed E-state index contributed by atoms with van der Waals surface area (Å²) in [4.78, 5) is 26.9. The zero-order valence-corrected chi connectivity index (χ0v) is 19.0. The lowest BCUT2D eigenvalue weighted by atomic mass is 10.1. The predicted molar refractivity (Wildman–Crippen MR) is 119 cm³/mol. The molecular weight excluding hydrogens is 486 g/mol. The van der Waals surface area contributed by atoms with Gasteiger partial charge in [-0.1, -0.05) is 6.07 Å². The van der Waals surface area contributed by atoms with Crippen molar-refractivity contribution in [2.75, 3.05) is 20.2 Å². The molecule has 0 fully saturated rings. The summed E-state index contributed by atoms with van der Waals surface area (Å²) in [5.74, 6) is -1.50. The minimum absolute atomic E-state index is 0.125. The van der Waals surface area contributed by atoms with Crippen LogP contribution in [0.3, 0.4) is 0 Å². The number of likely N-dealkylation sites (N-methyl/N-ethyl adjacent to an activating group) is 1. The van der Waals surface area contributed by atoms with E-state index in [9.17, 15) is 18.4 Å². The minimum atomic E-state index is -0.737. The van der Waals surface area contributed by atoms with Gasteiger partial charge in [0.25, 0.3) is 11.5 Å². The number of benzene rings is 2. The third-order valence-corrected chi connectivity index (χ3v) is 5.56. The van der Waals surface area contributed by atoms with Crippen LogP contribution in [0.25, 0.3) is 5.69 Å². The molecular formula is C23H21BrF2N2O4. The Morgan fingerprint density at radius 2 is 1.94 bits per heavy atom. The van der Waals surface area contributed by atoms with Crippen LogP contribution in [0.2, 0.25) is 0 Å². The van der Waals surface area contributed by atoms with E-state index in [0.717, 1.165) is 12.1 Å². The number of hydrogen-bond acceptors (Lipinski definition) is 4. The molecule has 9 heteroatoms. The monoisotopic (exact) mass is 506 g/mol. The van der Waals surface area contributed by atoms with Crippen LogP contribution in [0, 0.1) is 18.6 Å². The van der Waals surface area contributed by atoms with Gasteiger partial charge in [-0.15, -0.1) is 0 Å². The molecule has 0 unspecified atom stereocenters. The summed E-state index contributed by atoms with van der Waals surface area (Å²) in [6, 6.07) is 11.4. The highest BCUT2D eigenvalue weighted by atomic mass is 79.9. The van der Waals surface area contributed by atoms with Gasteiger partial charge >= 0.3 is 0 Å². The molecule has 0 bridgehead atoms. The second kappa shape index (κ2) is 10.1. The van der Waals surface area contributed by atoms with E-state index in [1.165, 1.54) is 15.5 Å². The summed E-state index contributed by atoms with van der Waals surface area (Å²) in [6.45, 7) is 1.55. The van der Waals surface area contributed by atoms with Gasteiger partial charge in [-0.05, 0) is 53.2 Å². The third kappa shape index (κ3) is 5.05. The zero-order valence-electron chi connectivity index (χ0n) is 17.4. The number of aryl methyl sites for hydroxylation is 1. The molecule has 1 amide bonds. The van der Waals surface area contributed by atoms with Gasteiger partial charge in [-0.3, -0.25) is 14.2 Å². The molecule has 0 aliphatic rings. The van der Waals surface area contributed by atoms with Gasteiger partial charge in [0.15, 0.2) is 0 Å². The first-order valence-corrected chi connectivity index (χ1v) is 10.5. The van der Waals surface area contributed by atoms with Crippen molar-refractivity contribution in [2.45, 2.75) is 13.5 Å². The largest absolute Gasteiger partial charge is 0.487 e. The molecule has 0 spiro atoms. The maximum absolute atomic E-state index is 13.9. The first-order chi connectivity index (χ1) is 15.2. The highest BCUT2D eigenvalue weighted by Gasteiger charge is 2.17. The molecule has 0 aliphatic heterocycles. The zero-order chi connectivity index (χ0) is 23.4. The van der Waals surface area contributed by atoms with Crippen molar-refractivity contribution >= 4 is 21.8 Å². The Morgan fingerprint density at radius 3 is 2.62 bits per heavy atom. The molecule has 1 N–H and O–H groups in total. The van der Waals surface area contributed by atoms with E-state index in [2.05, 4.69) is 15.9 Å². The summed E-state index contributed by atoms with van der Waals surface area (Å²) < 4.78 is 34.1. The standard InChI is InChI=1S/C23H21BrF2N2O4/c1-14-10-20(32-13-16-6-7-17(25)12-19(16)26)21(24)23(31)28(14)18-5-3-4-15(11-18)22(30)27(2)8-9-29/h3-7,10-12,29H,8-9,13H2,1-2H3. The Morgan fingerprint density at radius 1 is 1.19 bits per heavy atom. The number of aliphatic hydroxyl groups is 1. The SMILES string of the molecule is Cc1cc(OCc2ccc(F)cc2F)c(Br)c(=O)n1-c1cccc(C(=O)N(C)CCO)c1. The summed E-state index contributed by atoms with van der Waals surface area (Å²) in [5.41, 5.74) is 1.10. The molecule has 1 aromatic heterocycles. The molecule has 0 aliphatic carbocycles. The lowest BCUT2D eigenvalue weighted by molar-refractivity contribution is 0.0767. The molecule has 0 saturated heterocycles. The van der Waals surface area contributed by atoms with Crippen LogP contribution in [0.1, 0.15) is 21.6 Å².